The predicted molar refractivity (Wildman–Crippen MR) is 127 cm³/mol. The monoisotopic (exact) mass is 435 g/mol. The molecule has 2 aromatic rings. The smallest absolute Gasteiger partial charge is 0.414 e. The maximum atomic E-state index is 12.8. The Morgan fingerprint density at radius 1 is 1.31 bits per heavy atom. The summed E-state index contributed by atoms with van der Waals surface area (Å²) < 4.78 is 5.44. The van der Waals surface area contributed by atoms with Crippen molar-refractivity contribution in [2.24, 2.45) is 10.7 Å². The fourth-order valence-electron chi connectivity index (χ4n) is 3.68. The number of nitrogens with zero attached hydrogens (tertiary/aromatic N) is 4. The van der Waals surface area contributed by atoms with E-state index in [1.165, 1.54) is 13.1 Å². The van der Waals surface area contributed by atoms with E-state index in [9.17, 15) is 9.59 Å². The lowest BCUT2D eigenvalue weighted by Gasteiger charge is -2.40. The molecule has 2 N–H and O–H groups in total. The Kier molecular flexibility index (Phi) is 7.25. The summed E-state index contributed by atoms with van der Waals surface area (Å²) in [6, 6.07) is 9.17. The number of amides is 2. The Bertz CT molecular complexity index is 1030. The van der Waals surface area contributed by atoms with Crippen LogP contribution >= 0.6 is 0 Å². The molecule has 1 aliphatic rings. The van der Waals surface area contributed by atoms with Crippen molar-refractivity contribution < 1.29 is 14.3 Å². The van der Waals surface area contributed by atoms with Gasteiger partial charge < -0.3 is 15.4 Å². The summed E-state index contributed by atoms with van der Waals surface area (Å²) in [5.41, 5.74) is 9.60. The predicted octanol–water partition coefficient (Wildman–Crippen LogP) is 3.76. The molecule has 0 bridgehead atoms. The fourth-order valence-corrected chi connectivity index (χ4v) is 3.68. The number of aliphatic imine (C=N–C) groups is 1. The molecule has 1 atom stereocenters. The number of carbonyl (C=O) groups is 2. The van der Waals surface area contributed by atoms with Gasteiger partial charge in [-0.1, -0.05) is 12.1 Å². The van der Waals surface area contributed by atoms with Crippen molar-refractivity contribution >= 4 is 35.2 Å². The highest BCUT2D eigenvalue weighted by molar-refractivity contribution is 6.11. The number of anilines is 2. The average Bonchev–Trinajstić information content (AvgIpc) is 2.76. The number of aromatic nitrogens is 1. The van der Waals surface area contributed by atoms with E-state index in [1.54, 1.807) is 42.3 Å². The first-order chi connectivity index (χ1) is 15.3. The van der Waals surface area contributed by atoms with Crippen molar-refractivity contribution in [2.45, 2.75) is 46.4 Å². The molecule has 32 heavy (non-hydrogen) atoms. The van der Waals surface area contributed by atoms with Crippen molar-refractivity contribution in [2.75, 3.05) is 16.3 Å². The summed E-state index contributed by atoms with van der Waals surface area (Å²) >= 11 is 0. The van der Waals surface area contributed by atoms with Gasteiger partial charge in [0.1, 0.15) is 0 Å². The number of fused-ring (bicyclic) bond motifs is 1. The normalized spacial score (nSPS) is 16.4. The van der Waals surface area contributed by atoms with Crippen LogP contribution in [0.5, 0.6) is 0 Å². The zero-order valence-corrected chi connectivity index (χ0v) is 18.9. The van der Waals surface area contributed by atoms with Crippen LogP contribution in [0.3, 0.4) is 0 Å². The van der Waals surface area contributed by atoms with Crippen molar-refractivity contribution in [1.29, 1.82) is 0 Å². The molecule has 0 unspecified atom stereocenters. The van der Waals surface area contributed by atoms with E-state index < -0.39 is 6.09 Å². The van der Waals surface area contributed by atoms with Gasteiger partial charge in [0.25, 0.3) is 0 Å². The van der Waals surface area contributed by atoms with Crippen LogP contribution < -0.4 is 15.5 Å². The zero-order valence-electron chi connectivity index (χ0n) is 18.9. The molecule has 1 aromatic heterocycles. The second-order valence-corrected chi connectivity index (χ2v) is 7.94. The number of carbonyl (C=O) groups excluding carboxylic acids is 2. The second-order valence-electron chi connectivity index (χ2n) is 7.94. The molecule has 3 rings (SSSR count). The number of ether oxygens (including phenoxy) is 1. The van der Waals surface area contributed by atoms with Gasteiger partial charge in [-0.3, -0.25) is 19.7 Å². The molecule has 8 nitrogen and oxygen atoms in total. The van der Waals surface area contributed by atoms with Gasteiger partial charge in [0.05, 0.1) is 30.1 Å². The Balaban J connectivity index is 1.95. The summed E-state index contributed by atoms with van der Waals surface area (Å²) in [5.74, 6) is -0.0870. The minimum atomic E-state index is -0.447. The van der Waals surface area contributed by atoms with Crippen LogP contribution in [0.15, 0.2) is 53.9 Å². The van der Waals surface area contributed by atoms with Gasteiger partial charge in [0.2, 0.25) is 5.91 Å². The second kappa shape index (κ2) is 10.1. The third-order valence-corrected chi connectivity index (χ3v) is 5.05. The lowest BCUT2D eigenvalue weighted by atomic mass is 10.0. The van der Waals surface area contributed by atoms with Crippen molar-refractivity contribution in [3.8, 4) is 0 Å². The van der Waals surface area contributed by atoms with Crippen molar-refractivity contribution in [1.82, 2.24) is 4.98 Å². The quantitative estimate of drug-likeness (QED) is 0.721. The molecular weight excluding hydrogens is 406 g/mol. The van der Waals surface area contributed by atoms with Crippen LogP contribution in [-0.4, -0.2) is 41.9 Å². The molecule has 1 aromatic carbocycles. The third kappa shape index (κ3) is 5.14. The first kappa shape index (κ1) is 23.0. The minimum absolute atomic E-state index is 0.0870. The highest BCUT2D eigenvalue weighted by Crippen LogP contribution is 2.38. The van der Waals surface area contributed by atoms with E-state index in [0.29, 0.717) is 30.0 Å². The zero-order chi connectivity index (χ0) is 23.3. The maximum absolute atomic E-state index is 12.8. The maximum Gasteiger partial charge on any atom is 0.414 e. The summed E-state index contributed by atoms with van der Waals surface area (Å²) in [4.78, 5) is 36.9. The fraction of sp³-hybridized carbons (Fsp3) is 0.333. The Morgan fingerprint density at radius 2 is 2.09 bits per heavy atom. The molecule has 0 fully saturated rings. The molecule has 0 radical (unpaired) electrons. The molecule has 0 spiro atoms. The van der Waals surface area contributed by atoms with Gasteiger partial charge in [-0.2, -0.15) is 0 Å². The molecule has 0 saturated carbocycles. The molecule has 2 amide bonds. The van der Waals surface area contributed by atoms with Crippen LogP contribution in [0.2, 0.25) is 0 Å². The van der Waals surface area contributed by atoms with E-state index >= 15 is 0 Å². The largest absolute Gasteiger partial charge is 0.446 e. The van der Waals surface area contributed by atoms with Crippen LogP contribution in [0.1, 0.15) is 38.8 Å². The van der Waals surface area contributed by atoms with Gasteiger partial charge in [-0.05, 0) is 50.1 Å². The molecule has 8 heteroatoms. The Hall–Kier alpha value is -3.68. The topological polar surface area (TPSA) is 101 Å². The highest BCUT2D eigenvalue weighted by atomic mass is 16.6. The minimum Gasteiger partial charge on any atom is -0.446 e. The standard InChI is InChI=1S/C24H29N5O3/c1-16(2)32-24(31)28-15-17(3)29(18(4)30)22-8-7-20(10-23(22)28)21(11-25)14-27-13-19-6-5-9-26-12-19/h5-12,14,16-17H,13,15,25H2,1-4H3/t17-/m0/s1. The van der Waals surface area contributed by atoms with Gasteiger partial charge in [-0.25, -0.2) is 4.79 Å². The Labute approximate surface area is 188 Å². The molecule has 168 valence electrons. The van der Waals surface area contributed by atoms with Crippen LogP contribution in [0.4, 0.5) is 16.2 Å². The highest BCUT2D eigenvalue weighted by Gasteiger charge is 2.34. The average molecular weight is 436 g/mol. The third-order valence-electron chi connectivity index (χ3n) is 5.05. The van der Waals surface area contributed by atoms with Crippen LogP contribution in [0.25, 0.3) is 5.57 Å². The van der Waals surface area contributed by atoms with E-state index in [1.807, 2.05) is 37.3 Å². The number of hydrogen-bond donors (Lipinski definition) is 1. The van der Waals surface area contributed by atoms with Gasteiger partial charge >= 0.3 is 6.09 Å². The number of benzene rings is 1. The van der Waals surface area contributed by atoms with Gasteiger partial charge in [0.15, 0.2) is 0 Å². The summed E-state index contributed by atoms with van der Waals surface area (Å²) in [6.07, 6.45) is 5.94. The van der Waals surface area contributed by atoms with Crippen LogP contribution in [-0.2, 0) is 16.1 Å². The van der Waals surface area contributed by atoms with Crippen LogP contribution in [0, 0.1) is 0 Å². The molecule has 2 heterocycles. The number of nitrogens with two attached hydrogens (primary N) is 1. The molecule has 0 saturated heterocycles. The van der Waals surface area contributed by atoms with Gasteiger partial charge in [-0.15, -0.1) is 0 Å². The molecule has 0 aliphatic carbocycles. The summed E-state index contributed by atoms with van der Waals surface area (Å²) in [7, 11) is 0. The number of pyridine rings is 1. The van der Waals surface area contributed by atoms with E-state index in [2.05, 4.69) is 9.98 Å². The lowest BCUT2D eigenvalue weighted by molar-refractivity contribution is -0.117. The Morgan fingerprint density at radius 3 is 2.72 bits per heavy atom. The van der Waals surface area contributed by atoms with E-state index in [0.717, 1.165) is 11.1 Å². The molecular formula is C24H29N5O3. The SMILES string of the molecule is CC(=O)N1c2ccc(C(C=NCc3cccnc3)=CN)cc2N(C(=O)OC(C)C)C[C@@H]1C. The first-order valence-corrected chi connectivity index (χ1v) is 10.5. The van der Waals surface area contributed by atoms with E-state index in [4.69, 9.17) is 10.5 Å². The molecule has 1 aliphatic heterocycles. The van der Waals surface area contributed by atoms with Crippen molar-refractivity contribution in [3.63, 3.8) is 0 Å². The van der Waals surface area contributed by atoms with Crippen molar-refractivity contribution in [3.05, 3.63) is 60.1 Å². The number of allylic oxidation sites excluding steroid dienone is 1. The first-order valence-electron chi connectivity index (χ1n) is 10.5. The lowest BCUT2D eigenvalue weighted by Crippen LogP contribution is -2.51. The number of rotatable bonds is 5. The number of hydrogen-bond acceptors (Lipinski definition) is 6. The van der Waals surface area contributed by atoms with E-state index in [-0.39, 0.29) is 18.1 Å². The summed E-state index contributed by atoms with van der Waals surface area (Å²) in [6.45, 7) is 7.84. The summed E-state index contributed by atoms with van der Waals surface area (Å²) in [5, 5.41) is 0. The van der Waals surface area contributed by atoms with Gasteiger partial charge in [0, 0.05) is 43.8 Å².